The van der Waals surface area contributed by atoms with Gasteiger partial charge in [-0.25, -0.2) is 0 Å². The van der Waals surface area contributed by atoms with Crippen molar-refractivity contribution in [1.29, 1.82) is 0 Å². The van der Waals surface area contributed by atoms with E-state index in [0.29, 0.717) is 39.2 Å². The van der Waals surface area contributed by atoms with Gasteiger partial charge in [-0.3, -0.25) is 4.79 Å². The van der Waals surface area contributed by atoms with Gasteiger partial charge in [0.1, 0.15) is 0 Å². The van der Waals surface area contributed by atoms with E-state index in [1.165, 1.54) is 193 Å². The molecular formula is C53H107NO5. The lowest BCUT2D eigenvalue weighted by atomic mass is 10.0. The normalized spacial score (nSPS) is 12.7. The minimum atomic E-state index is -0.238. The smallest absolute Gasteiger partial charge is 0.220 e. The zero-order valence-corrected chi connectivity index (χ0v) is 41.3. The van der Waals surface area contributed by atoms with Gasteiger partial charge in [-0.1, -0.05) is 206 Å². The molecule has 0 bridgehead atoms. The number of carbonyl (C=O) groups is 1. The van der Waals surface area contributed by atoms with Crippen molar-refractivity contribution >= 4 is 5.91 Å². The molecule has 6 nitrogen and oxygen atoms in total. The van der Waals surface area contributed by atoms with Crippen LogP contribution in [0.1, 0.15) is 280 Å². The Morgan fingerprint density at radius 3 is 1.25 bits per heavy atom. The lowest BCUT2D eigenvalue weighted by Crippen LogP contribution is -2.31. The highest BCUT2D eigenvalue weighted by Gasteiger charge is 2.20. The topological polar surface area (TPSA) is 66.0 Å². The van der Waals surface area contributed by atoms with Gasteiger partial charge in [0.2, 0.25) is 5.91 Å². The van der Waals surface area contributed by atoms with Crippen molar-refractivity contribution in [2.75, 3.05) is 39.6 Å². The van der Waals surface area contributed by atoms with E-state index < -0.39 is 0 Å². The second-order valence-corrected chi connectivity index (χ2v) is 19.7. The highest BCUT2D eigenvalue weighted by atomic mass is 16.5. The molecule has 0 spiro atoms. The summed E-state index contributed by atoms with van der Waals surface area (Å²) in [6.45, 7) is 19.1. The quantitative estimate of drug-likeness (QED) is 0.0619. The van der Waals surface area contributed by atoms with Crippen LogP contribution in [0.4, 0.5) is 0 Å². The van der Waals surface area contributed by atoms with Gasteiger partial charge in [-0.05, 0) is 66.7 Å². The first-order chi connectivity index (χ1) is 28.6. The van der Waals surface area contributed by atoms with Gasteiger partial charge >= 0.3 is 0 Å². The summed E-state index contributed by atoms with van der Waals surface area (Å²) in [7, 11) is 0. The van der Waals surface area contributed by atoms with E-state index in [1.54, 1.807) is 0 Å². The molecular weight excluding hydrogens is 731 g/mol. The van der Waals surface area contributed by atoms with Crippen LogP contribution in [0, 0.1) is 0 Å². The Kier molecular flexibility index (Phi) is 43.4. The van der Waals surface area contributed by atoms with Gasteiger partial charge in [-0.15, -0.1) is 0 Å². The van der Waals surface area contributed by atoms with Crippen LogP contribution >= 0.6 is 0 Å². The molecule has 59 heavy (non-hydrogen) atoms. The minimum absolute atomic E-state index is 0.0161. The molecule has 6 heteroatoms. The van der Waals surface area contributed by atoms with Crippen LogP contribution in [0.5, 0.6) is 0 Å². The highest BCUT2D eigenvalue weighted by molar-refractivity contribution is 5.75. The summed E-state index contributed by atoms with van der Waals surface area (Å²) in [5.41, 5.74) is -0.369. The fourth-order valence-corrected chi connectivity index (χ4v) is 7.79. The molecule has 0 aromatic rings. The van der Waals surface area contributed by atoms with Gasteiger partial charge < -0.3 is 24.3 Å². The van der Waals surface area contributed by atoms with E-state index in [2.05, 4.69) is 53.8 Å². The summed E-state index contributed by atoms with van der Waals surface area (Å²) in [5, 5.41) is 3.10. The number of ether oxygens (including phenoxy) is 4. The van der Waals surface area contributed by atoms with Crippen molar-refractivity contribution < 1.29 is 23.7 Å². The zero-order chi connectivity index (χ0) is 43.4. The first-order valence-electron chi connectivity index (χ1n) is 26.3. The number of hydrogen-bond acceptors (Lipinski definition) is 5. The van der Waals surface area contributed by atoms with Crippen LogP contribution in [0.25, 0.3) is 0 Å². The molecule has 1 atom stereocenters. The lowest BCUT2D eigenvalue weighted by molar-refractivity contribution is -0.122. The number of amides is 1. The summed E-state index contributed by atoms with van der Waals surface area (Å²) in [5.74, 6) is 0.0941. The molecule has 0 rings (SSSR count). The molecule has 0 saturated carbocycles. The fraction of sp³-hybridized carbons (Fsp3) is 0.981. The van der Waals surface area contributed by atoms with Crippen molar-refractivity contribution in [3.63, 3.8) is 0 Å². The largest absolute Gasteiger partial charge is 0.379 e. The Balaban J connectivity index is 4.20. The molecule has 0 aromatic carbocycles. The minimum Gasteiger partial charge on any atom is -0.379 e. The van der Waals surface area contributed by atoms with Gasteiger partial charge in [0.05, 0.1) is 23.9 Å². The van der Waals surface area contributed by atoms with E-state index in [1.807, 2.05) is 0 Å². The number of nitrogens with one attached hydrogen (secondary N) is 1. The first-order valence-corrected chi connectivity index (χ1v) is 26.3. The second-order valence-electron chi connectivity index (χ2n) is 19.7. The maximum Gasteiger partial charge on any atom is 0.220 e. The average molecular weight is 838 g/mol. The third-order valence-electron chi connectivity index (χ3n) is 11.9. The number of unbranched alkanes of at least 4 members (excludes halogenated alkanes) is 30. The molecule has 0 aromatic heterocycles. The summed E-state index contributed by atoms with van der Waals surface area (Å²) in [4.78, 5) is 12.8. The van der Waals surface area contributed by atoms with Crippen LogP contribution < -0.4 is 5.32 Å². The van der Waals surface area contributed by atoms with Crippen molar-refractivity contribution in [3.8, 4) is 0 Å². The molecule has 0 saturated heterocycles. The summed E-state index contributed by atoms with van der Waals surface area (Å²) in [6, 6.07) is 0. The number of hydrogen-bond donors (Lipinski definition) is 1. The van der Waals surface area contributed by atoms with Crippen molar-refractivity contribution in [2.24, 2.45) is 0 Å². The predicted octanol–water partition coefficient (Wildman–Crippen LogP) is 16.2. The standard InChI is InChI=1S/C53H107NO5/c1-8-10-12-14-16-18-20-22-24-26-28-30-32-34-36-38-45-56-49-50(41-42-51(55)54-44-40-47-59-53(6,7)43-48-58-52(3,4)5)57-46-39-37-35-33-31-29-27-25-23-21-19-17-15-13-11-9-2/h50H,8-49H2,1-7H3,(H,54,55). The number of carbonyl (C=O) groups excluding carboxylic acids is 1. The van der Waals surface area contributed by atoms with Gasteiger partial charge in [0.25, 0.3) is 0 Å². The van der Waals surface area contributed by atoms with E-state index in [4.69, 9.17) is 18.9 Å². The summed E-state index contributed by atoms with van der Waals surface area (Å²) >= 11 is 0. The molecule has 0 aliphatic carbocycles. The molecule has 1 amide bonds. The van der Waals surface area contributed by atoms with E-state index in [-0.39, 0.29) is 23.2 Å². The molecule has 1 N–H and O–H groups in total. The van der Waals surface area contributed by atoms with E-state index >= 15 is 0 Å². The highest BCUT2D eigenvalue weighted by Crippen LogP contribution is 2.19. The Bertz CT molecular complexity index is 842. The second kappa shape index (κ2) is 43.9. The molecule has 0 fully saturated rings. The third kappa shape index (κ3) is 48.2. The van der Waals surface area contributed by atoms with Gasteiger partial charge in [-0.2, -0.15) is 0 Å². The Morgan fingerprint density at radius 1 is 0.458 bits per heavy atom. The van der Waals surface area contributed by atoms with Crippen LogP contribution in [0.2, 0.25) is 0 Å². The van der Waals surface area contributed by atoms with Crippen molar-refractivity contribution in [3.05, 3.63) is 0 Å². The molecule has 0 heterocycles. The Hall–Kier alpha value is -0.690. The van der Waals surface area contributed by atoms with Crippen LogP contribution in [0.3, 0.4) is 0 Å². The molecule has 0 aliphatic rings. The van der Waals surface area contributed by atoms with Crippen LogP contribution in [0.15, 0.2) is 0 Å². The maximum absolute atomic E-state index is 12.8. The fourth-order valence-electron chi connectivity index (χ4n) is 7.79. The molecule has 0 aliphatic heterocycles. The number of rotatable bonds is 48. The van der Waals surface area contributed by atoms with Crippen molar-refractivity contribution in [1.82, 2.24) is 5.32 Å². The third-order valence-corrected chi connectivity index (χ3v) is 11.9. The first kappa shape index (κ1) is 58.3. The predicted molar refractivity (Wildman–Crippen MR) is 257 cm³/mol. The van der Waals surface area contributed by atoms with E-state index in [0.717, 1.165) is 38.9 Å². The molecule has 1 unspecified atom stereocenters. The Morgan fingerprint density at radius 2 is 0.847 bits per heavy atom. The summed E-state index contributed by atoms with van der Waals surface area (Å²) < 4.78 is 24.5. The van der Waals surface area contributed by atoms with Gasteiger partial charge in [0.15, 0.2) is 0 Å². The van der Waals surface area contributed by atoms with E-state index in [9.17, 15) is 4.79 Å². The van der Waals surface area contributed by atoms with Gasteiger partial charge in [0, 0.05) is 39.4 Å². The average Bonchev–Trinajstić information content (AvgIpc) is 3.19. The SMILES string of the molecule is CCCCCCCCCCCCCCCCCCOCC(CCC(=O)NCCCOC(C)(C)CCOC(C)(C)C)OCCCCCCCCCCCCCCCCCC. The molecule has 354 valence electrons. The summed E-state index contributed by atoms with van der Waals surface area (Å²) in [6.07, 6.45) is 46.8. The lowest BCUT2D eigenvalue weighted by Gasteiger charge is -2.28. The van der Waals surface area contributed by atoms with Crippen LogP contribution in [-0.2, 0) is 23.7 Å². The maximum atomic E-state index is 12.8. The Labute approximate surface area is 370 Å². The monoisotopic (exact) mass is 838 g/mol. The van der Waals surface area contributed by atoms with Crippen molar-refractivity contribution in [2.45, 2.75) is 297 Å². The van der Waals surface area contributed by atoms with Crippen LogP contribution in [-0.4, -0.2) is 62.8 Å². The zero-order valence-electron chi connectivity index (χ0n) is 41.3. The molecule has 0 radical (unpaired) electrons.